The van der Waals surface area contributed by atoms with E-state index >= 15 is 0 Å². The predicted molar refractivity (Wildman–Crippen MR) is 72.7 cm³/mol. The molecule has 0 amide bonds. The molecule has 0 spiro atoms. The van der Waals surface area contributed by atoms with E-state index < -0.39 is 0 Å². The number of thioether (sulfide) groups is 1. The van der Waals surface area contributed by atoms with Gasteiger partial charge in [0.05, 0.1) is 11.6 Å². The number of rotatable bonds is 3. The van der Waals surface area contributed by atoms with Crippen molar-refractivity contribution in [3.63, 3.8) is 0 Å². The van der Waals surface area contributed by atoms with Gasteiger partial charge in [-0.15, -0.1) is 11.8 Å². The summed E-state index contributed by atoms with van der Waals surface area (Å²) in [5, 5.41) is 9.45. The van der Waals surface area contributed by atoms with E-state index in [9.17, 15) is 0 Å². The molecule has 0 aliphatic heterocycles. The number of aromatic amines is 1. The standard InChI is InChI=1S/C12H9ClN4S/c13-9-3-1-8(2-4-9)6-18-12-10-5-16-17-11(10)14-7-15-12/h1-5,7H,6H2,(H,14,15,16,17). The third-order valence-corrected chi connectivity index (χ3v) is 3.83. The van der Waals surface area contributed by atoms with Crippen LogP contribution in [0, 0.1) is 0 Å². The van der Waals surface area contributed by atoms with Gasteiger partial charge < -0.3 is 0 Å². The largest absolute Gasteiger partial charge is 0.261 e. The first-order valence-corrected chi connectivity index (χ1v) is 6.70. The molecule has 0 aliphatic rings. The molecule has 90 valence electrons. The maximum atomic E-state index is 5.85. The summed E-state index contributed by atoms with van der Waals surface area (Å²) in [5.74, 6) is 0.842. The topological polar surface area (TPSA) is 54.5 Å². The molecule has 2 heterocycles. The average Bonchev–Trinajstić information content (AvgIpc) is 2.87. The highest BCUT2D eigenvalue weighted by Crippen LogP contribution is 2.26. The highest BCUT2D eigenvalue weighted by Gasteiger charge is 2.06. The average molecular weight is 277 g/mol. The normalized spacial score (nSPS) is 10.9. The lowest BCUT2D eigenvalue weighted by molar-refractivity contribution is 1.07. The second kappa shape index (κ2) is 4.96. The summed E-state index contributed by atoms with van der Waals surface area (Å²) in [6, 6.07) is 7.82. The van der Waals surface area contributed by atoms with Crippen molar-refractivity contribution in [2.75, 3.05) is 0 Å². The molecule has 2 aromatic heterocycles. The van der Waals surface area contributed by atoms with Gasteiger partial charge in [-0.3, -0.25) is 5.10 Å². The van der Waals surface area contributed by atoms with Crippen LogP contribution in [0.5, 0.6) is 0 Å². The van der Waals surface area contributed by atoms with Crippen LogP contribution in [0.15, 0.2) is 41.8 Å². The van der Waals surface area contributed by atoms with Crippen LogP contribution in [0.2, 0.25) is 5.02 Å². The highest BCUT2D eigenvalue weighted by atomic mass is 35.5. The Morgan fingerprint density at radius 2 is 2.00 bits per heavy atom. The van der Waals surface area contributed by atoms with E-state index in [2.05, 4.69) is 20.2 Å². The molecule has 0 fully saturated rings. The minimum absolute atomic E-state index is 0.753. The molecule has 6 heteroatoms. The lowest BCUT2D eigenvalue weighted by Crippen LogP contribution is -1.86. The zero-order chi connectivity index (χ0) is 12.4. The number of hydrogen-bond acceptors (Lipinski definition) is 4. The molecular formula is C12H9ClN4S. The zero-order valence-corrected chi connectivity index (χ0v) is 10.9. The summed E-state index contributed by atoms with van der Waals surface area (Å²) in [4.78, 5) is 8.39. The van der Waals surface area contributed by atoms with Crippen molar-refractivity contribution in [2.24, 2.45) is 0 Å². The molecule has 4 nitrogen and oxygen atoms in total. The van der Waals surface area contributed by atoms with Gasteiger partial charge in [-0.2, -0.15) is 5.10 Å². The number of nitrogens with one attached hydrogen (secondary N) is 1. The molecule has 0 aliphatic carbocycles. The van der Waals surface area contributed by atoms with Gasteiger partial charge in [0.25, 0.3) is 0 Å². The van der Waals surface area contributed by atoms with Gasteiger partial charge in [-0.25, -0.2) is 9.97 Å². The summed E-state index contributed by atoms with van der Waals surface area (Å²) in [5.41, 5.74) is 1.98. The zero-order valence-electron chi connectivity index (χ0n) is 9.30. The van der Waals surface area contributed by atoms with Crippen LogP contribution in [-0.4, -0.2) is 20.2 Å². The molecule has 0 saturated heterocycles. The van der Waals surface area contributed by atoms with E-state index in [1.54, 1.807) is 24.3 Å². The summed E-state index contributed by atoms with van der Waals surface area (Å²) < 4.78 is 0. The first kappa shape index (κ1) is 11.5. The number of benzene rings is 1. The predicted octanol–water partition coefficient (Wildman–Crippen LogP) is 3.30. The van der Waals surface area contributed by atoms with Crippen LogP contribution in [0.1, 0.15) is 5.56 Å². The summed E-state index contributed by atoms with van der Waals surface area (Å²) in [7, 11) is 0. The summed E-state index contributed by atoms with van der Waals surface area (Å²) in [6.45, 7) is 0. The van der Waals surface area contributed by atoms with Crippen LogP contribution < -0.4 is 0 Å². The lowest BCUT2D eigenvalue weighted by Gasteiger charge is -2.02. The fourth-order valence-corrected chi connectivity index (χ4v) is 2.64. The fourth-order valence-electron chi connectivity index (χ4n) is 1.59. The molecule has 3 rings (SSSR count). The molecule has 1 aromatic carbocycles. The Morgan fingerprint density at radius 3 is 2.83 bits per heavy atom. The Kier molecular flexibility index (Phi) is 3.17. The Hall–Kier alpha value is -1.59. The van der Waals surface area contributed by atoms with Crippen LogP contribution >= 0.6 is 23.4 Å². The van der Waals surface area contributed by atoms with Gasteiger partial charge in [0, 0.05) is 10.8 Å². The Morgan fingerprint density at radius 1 is 1.17 bits per heavy atom. The van der Waals surface area contributed by atoms with Crippen molar-refractivity contribution >= 4 is 34.4 Å². The number of nitrogens with zero attached hydrogens (tertiary/aromatic N) is 3. The third kappa shape index (κ3) is 2.32. The minimum atomic E-state index is 0.753. The second-order valence-corrected chi connectivity index (χ2v) is 5.13. The van der Waals surface area contributed by atoms with Crippen molar-refractivity contribution in [1.29, 1.82) is 0 Å². The number of H-pyrrole nitrogens is 1. The van der Waals surface area contributed by atoms with Crippen molar-refractivity contribution in [1.82, 2.24) is 20.2 Å². The first-order chi connectivity index (χ1) is 8.83. The van der Waals surface area contributed by atoms with Crippen LogP contribution in [0.4, 0.5) is 0 Å². The molecule has 0 bridgehead atoms. The maximum absolute atomic E-state index is 5.85. The lowest BCUT2D eigenvalue weighted by atomic mass is 10.2. The first-order valence-electron chi connectivity index (χ1n) is 5.34. The molecule has 0 atom stereocenters. The number of fused-ring (bicyclic) bond motifs is 1. The maximum Gasteiger partial charge on any atom is 0.159 e. The van der Waals surface area contributed by atoms with Gasteiger partial charge in [0.2, 0.25) is 0 Å². The minimum Gasteiger partial charge on any atom is -0.261 e. The van der Waals surface area contributed by atoms with Gasteiger partial charge in [-0.05, 0) is 17.7 Å². The molecule has 1 N–H and O–H groups in total. The van der Waals surface area contributed by atoms with E-state index in [4.69, 9.17) is 11.6 Å². The number of aromatic nitrogens is 4. The number of halogens is 1. The number of hydrogen-bond donors (Lipinski definition) is 1. The third-order valence-electron chi connectivity index (χ3n) is 2.50. The van der Waals surface area contributed by atoms with Crippen molar-refractivity contribution in [2.45, 2.75) is 10.8 Å². The van der Waals surface area contributed by atoms with Crippen molar-refractivity contribution in [3.8, 4) is 0 Å². The van der Waals surface area contributed by atoms with Gasteiger partial charge in [0.1, 0.15) is 11.4 Å². The van der Waals surface area contributed by atoms with Gasteiger partial charge in [0.15, 0.2) is 5.65 Å². The van der Waals surface area contributed by atoms with Crippen LogP contribution in [0.25, 0.3) is 11.0 Å². The molecular weight excluding hydrogens is 268 g/mol. The van der Waals surface area contributed by atoms with Crippen LogP contribution in [-0.2, 0) is 5.75 Å². The summed E-state index contributed by atoms with van der Waals surface area (Å²) >= 11 is 7.51. The fraction of sp³-hybridized carbons (Fsp3) is 0.0833. The smallest absolute Gasteiger partial charge is 0.159 e. The van der Waals surface area contributed by atoms with E-state index in [0.717, 1.165) is 26.8 Å². The Labute approximate surface area is 113 Å². The Balaban J connectivity index is 1.80. The van der Waals surface area contributed by atoms with E-state index in [-0.39, 0.29) is 0 Å². The Bertz CT molecular complexity index is 665. The van der Waals surface area contributed by atoms with Gasteiger partial charge in [-0.1, -0.05) is 23.7 Å². The van der Waals surface area contributed by atoms with Crippen molar-refractivity contribution in [3.05, 3.63) is 47.4 Å². The van der Waals surface area contributed by atoms with Crippen LogP contribution in [0.3, 0.4) is 0 Å². The van der Waals surface area contributed by atoms with Crippen molar-refractivity contribution < 1.29 is 0 Å². The van der Waals surface area contributed by atoms with E-state index in [1.165, 1.54) is 5.56 Å². The highest BCUT2D eigenvalue weighted by molar-refractivity contribution is 7.98. The molecule has 3 aromatic rings. The van der Waals surface area contributed by atoms with E-state index in [0.29, 0.717) is 0 Å². The molecule has 0 unspecified atom stereocenters. The van der Waals surface area contributed by atoms with E-state index in [1.807, 2.05) is 24.3 Å². The molecule has 0 saturated carbocycles. The monoisotopic (exact) mass is 276 g/mol. The molecule has 0 radical (unpaired) electrons. The van der Waals surface area contributed by atoms with Gasteiger partial charge >= 0.3 is 0 Å². The second-order valence-electron chi connectivity index (χ2n) is 3.73. The summed E-state index contributed by atoms with van der Waals surface area (Å²) in [6.07, 6.45) is 3.30. The quantitative estimate of drug-likeness (QED) is 0.589. The SMILES string of the molecule is Clc1ccc(CSc2ncnc3[nH]ncc23)cc1. The molecule has 18 heavy (non-hydrogen) atoms.